The number of halogens is 2. The molecule has 0 amide bonds. The predicted octanol–water partition coefficient (Wildman–Crippen LogP) is 4.24. The number of hydrogen-bond donors (Lipinski definition) is 0. The third kappa shape index (κ3) is 3.34. The highest BCUT2D eigenvalue weighted by Gasteiger charge is 2.10. The second kappa shape index (κ2) is 5.87. The molecular formula is C14H8Cl2O3. The molecule has 0 aliphatic heterocycles. The summed E-state index contributed by atoms with van der Waals surface area (Å²) in [5.74, 6) is 0.833. The lowest BCUT2D eigenvalue weighted by Gasteiger charge is -2.08. The van der Waals surface area contributed by atoms with E-state index in [0.29, 0.717) is 17.1 Å². The van der Waals surface area contributed by atoms with E-state index >= 15 is 0 Å². The molecular weight excluding hydrogens is 287 g/mol. The van der Waals surface area contributed by atoms with Crippen molar-refractivity contribution < 1.29 is 14.3 Å². The molecule has 2 aromatic carbocycles. The van der Waals surface area contributed by atoms with Crippen LogP contribution < -0.4 is 4.74 Å². The predicted molar refractivity (Wildman–Crippen MR) is 73.3 cm³/mol. The summed E-state index contributed by atoms with van der Waals surface area (Å²) in [5, 5.41) is -1.13. The van der Waals surface area contributed by atoms with Gasteiger partial charge in [0.25, 0.3) is 10.5 Å². The Hall–Kier alpha value is -1.84. The van der Waals surface area contributed by atoms with Gasteiger partial charge in [0.1, 0.15) is 11.5 Å². The van der Waals surface area contributed by atoms with E-state index in [2.05, 4.69) is 0 Å². The van der Waals surface area contributed by atoms with Gasteiger partial charge in [0.05, 0.1) is 5.56 Å². The lowest BCUT2D eigenvalue weighted by atomic mass is 10.2. The lowest BCUT2D eigenvalue weighted by Crippen LogP contribution is -1.95. The smallest absolute Gasteiger partial charge is 0.256 e. The highest BCUT2D eigenvalue weighted by atomic mass is 35.5. The number of hydrogen-bond acceptors (Lipinski definition) is 3. The zero-order chi connectivity index (χ0) is 13.8. The molecule has 0 aliphatic carbocycles. The number of ether oxygens (including phenoxy) is 1. The molecule has 0 aromatic heterocycles. The van der Waals surface area contributed by atoms with Crippen LogP contribution in [0.1, 0.15) is 20.7 Å². The number of carbonyl (C=O) groups is 2. The van der Waals surface area contributed by atoms with E-state index in [-0.39, 0.29) is 5.56 Å². The zero-order valence-corrected chi connectivity index (χ0v) is 11.1. The van der Waals surface area contributed by atoms with Crippen LogP contribution in [0.4, 0.5) is 0 Å². The van der Waals surface area contributed by atoms with Crippen molar-refractivity contribution in [3.8, 4) is 11.5 Å². The SMILES string of the molecule is O=C(Cl)c1ccc(Oc2ccccc2C(=O)Cl)cc1. The van der Waals surface area contributed by atoms with Gasteiger partial charge < -0.3 is 4.74 Å². The van der Waals surface area contributed by atoms with Crippen molar-refractivity contribution in [1.82, 2.24) is 0 Å². The van der Waals surface area contributed by atoms with Gasteiger partial charge in [-0.3, -0.25) is 9.59 Å². The van der Waals surface area contributed by atoms with Gasteiger partial charge in [-0.05, 0) is 59.6 Å². The number of carbonyl (C=O) groups excluding carboxylic acids is 2. The van der Waals surface area contributed by atoms with E-state index in [1.54, 1.807) is 36.4 Å². The van der Waals surface area contributed by atoms with Gasteiger partial charge in [0.2, 0.25) is 0 Å². The van der Waals surface area contributed by atoms with E-state index in [0.717, 1.165) is 0 Å². The average molecular weight is 295 g/mol. The second-order valence-electron chi connectivity index (χ2n) is 3.67. The normalized spacial score (nSPS) is 10.0. The molecule has 0 heterocycles. The van der Waals surface area contributed by atoms with Gasteiger partial charge in [-0.2, -0.15) is 0 Å². The summed E-state index contributed by atoms with van der Waals surface area (Å²) in [5.41, 5.74) is 0.650. The molecule has 2 aromatic rings. The van der Waals surface area contributed by atoms with Crippen LogP contribution in [-0.4, -0.2) is 10.5 Å². The minimum atomic E-state index is -0.594. The quantitative estimate of drug-likeness (QED) is 0.792. The second-order valence-corrected chi connectivity index (χ2v) is 4.36. The zero-order valence-electron chi connectivity index (χ0n) is 9.60. The van der Waals surface area contributed by atoms with Gasteiger partial charge in [0.15, 0.2) is 0 Å². The van der Waals surface area contributed by atoms with Crippen molar-refractivity contribution in [2.45, 2.75) is 0 Å². The fourth-order valence-electron chi connectivity index (χ4n) is 1.50. The molecule has 5 heteroatoms. The van der Waals surface area contributed by atoms with E-state index < -0.39 is 10.5 Å². The minimum absolute atomic E-state index is 0.279. The third-order valence-corrected chi connectivity index (χ3v) is 2.83. The molecule has 0 saturated heterocycles. The monoisotopic (exact) mass is 294 g/mol. The first-order valence-electron chi connectivity index (χ1n) is 5.34. The summed E-state index contributed by atoms with van der Waals surface area (Å²) in [4.78, 5) is 22.1. The maximum Gasteiger partial charge on any atom is 0.256 e. The maximum atomic E-state index is 11.2. The molecule has 2 rings (SSSR count). The van der Waals surface area contributed by atoms with Crippen molar-refractivity contribution in [1.29, 1.82) is 0 Å². The van der Waals surface area contributed by atoms with Crippen molar-refractivity contribution in [2.24, 2.45) is 0 Å². The fourth-order valence-corrected chi connectivity index (χ4v) is 1.78. The van der Waals surface area contributed by atoms with Crippen molar-refractivity contribution in [2.75, 3.05) is 0 Å². The lowest BCUT2D eigenvalue weighted by molar-refractivity contribution is 0.107. The molecule has 0 N–H and O–H groups in total. The Labute approximate surface area is 119 Å². The largest absolute Gasteiger partial charge is 0.457 e. The molecule has 0 fully saturated rings. The average Bonchev–Trinajstić information content (AvgIpc) is 2.39. The minimum Gasteiger partial charge on any atom is -0.457 e. The van der Waals surface area contributed by atoms with E-state index in [1.165, 1.54) is 12.1 Å². The summed E-state index contributed by atoms with van der Waals surface area (Å²) in [6, 6.07) is 12.9. The number of rotatable bonds is 4. The molecule has 0 spiro atoms. The topological polar surface area (TPSA) is 43.4 Å². The van der Waals surface area contributed by atoms with Crippen molar-refractivity contribution in [3.63, 3.8) is 0 Å². The summed E-state index contributed by atoms with van der Waals surface area (Å²) < 4.78 is 5.55. The van der Waals surface area contributed by atoms with Crippen molar-refractivity contribution >= 4 is 33.7 Å². The standard InChI is InChI=1S/C14H8Cl2O3/c15-13(17)9-5-7-10(8-6-9)19-12-4-2-1-3-11(12)14(16)18/h1-8H. The third-order valence-electron chi connectivity index (χ3n) is 2.41. The van der Waals surface area contributed by atoms with Gasteiger partial charge in [0, 0.05) is 5.56 Å². The highest BCUT2D eigenvalue weighted by Crippen LogP contribution is 2.26. The molecule has 19 heavy (non-hydrogen) atoms. The summed E-state index contributed by atoms with van der Waals surface area (Å²) in [6.07, 6.45) is 0. The van der Waals surface area contributed by atoms with Gasteiger partial charge in [-0.25, -0.2) is 0 Å². The first-order valence-corrected chi connectivity index (χ1v) is 6.10. The van der Waals surface area contributed by atoms with Crippen LogP contribution in [0.3, 0.4) is 0 Å². The Kier molecular flexibility index (Phi) is 4.20. The molecule has 0 bridgehead atoms. The molecule has 3 nitrogen and oxygen atoms in total. The Bertz CT molecular complexity index is 621. The first kappa shape index (κ1) is 13.6. The molecule has 0 unspecified atom stereocenters. The number of para-hydroxylation sites is 1. The summed E-state index contributed by atoms with van der Waals surface area (Å²) in [6.45, 7) is 0. The molecule has 0 radical (unpaired) electrons. The fraction of sp³-hybridized carbons (Fsp3) is 0. The molecule has 0 saturated carbocycles. The van der Waals surface area contributed by atoms with Gasteiger partial charge in [-0.1, -0.05) is 12.1 Å². The van der Waals surface area contributed by atoms with Crippen molar-refractivity contribution in [3.05, 3.63) is 59.7 Å². The van der Waals surface area contributed by atoms with Gasteiger partial charge >= 0.3 is 0 Å². The molecule has 96 valence electrons. The first-order chi connectivity index (χ1) is 9.08. The molecule has 0 aliphatic rings. The number of benzene rings is 2. The summed E-state index contributed by atoms with van der Waals surface area (Å²) >= 11 is 10.8. The Morgan fingerprint density at radius 2 is 1.47 bits per heavy atom. The van der Waals surface area contributed by atoms with Crippen LogP contribution in [0.5, 0.6) is 11.5 Å². The van der Waals surface area contributed by atoms with Crippen LogP contribution in [-0.2, 0) is 0 Å². The maximum absolute atomic E-state index is 11.2. The van der Waals surface area contributed by atoms with Crippen LogP contribution in [0, 0.1) is 0 Å². The molecule has 0 atom stereocenters. The van der Waals surface area contributed by atoms with Crippen LogP contribution in [0.2, 0.25) is 0 Å². The van der Waals surface area contributed by atoms with E-state index in [4.69, 9.17) is 27.9 Å². The van der Waals surface area contributed by atoms with E-state index in [9.17, 15) is 9.59 Å². The van der Waals surface area contributed by atoms with Crippen LogP contribution >= 0.6 is 23.2 Å². The Morgan fingerprint density at radius 3 is 2.05 bits per heavy atom. The summed E-state index contributed by atoms with van der Waals surface area (Å²) in [7, 11) is 0. The highest BCUT2D eigenvalue weighted by molar-refractivity contribution is 6.68. The van der Waals surface area contributed by atoms with Gasteiger partial charge in [-0.15, -0.1) is 0 Å². The van der Waals surface area contributed by atoms with E-state index in [1.807, 2.05) is 0 Å². The van der Waals surface area contributed by atoms with Crippen LogP contribution in [0.25, 0.3) is 0 Å². The Morgan fingerprint density at radius 1 is 0.842 bits per heavy atom. The van der Waals surface area contributed by atoms with Crippen LogP contribution in [0.15, 0.2) is 48.5 Å². The Balaban J connectivity index is 2.26.